The molecule has 0 aromatic heterocycles. The Balaban J connectivity index is 1.17. The van der Waals surface area contributed by atoms with Gasteiger partial charge < -0.3 is 0 Å². The molecule has 0 saturated heterocycles. The van der Waals surface area contributed by atoms with Crippen molar-refractivity contribution in [1.82, 2.24) is 0 Å². The highest BCUT2D eigenvalue weighted by Gasteiger charge is 2.30. The van der Waals surface area contributed by atoms with Gasteiger partial charge in [0.05, 0.1) is 0 Å². The first-order valence-electron chi connectivity index (χ1n) is 15.3. The van der Waals surface area contributed by atoms with Crippen LogP contribution in [0.25, 0.3) is 10.8 Å². The van der Waals surface area contributed by atoms with Crippen molar-refractivity contribution in [1.29, 1.82) is 0 Å². The second-order valence-electron chi connectivity index (χ2n) is 12.1. The third kappa shape index (κ3) is 7.60. The van der Waals surface area contributed by atoms with E-state index < -0.39 is 0 Å². The van der Waals surface area contributed by atoms with Crippen LogP contribution in [0.4, 0.5) is 0 Å². The Hall–Kier alpha value is -1.30. The number of benzene rings is 2. The van der Waals surface area contributed by atoms with Gasteiger partial charge in [-0.3, -0.25) is 0 Å². The highest BCUT2D eigenvalue weighted by molar-refractivity contribution is 5.83. The van der Waals surface area contributed by atoms with Crippen molar-refractivity contribution in [2.75, 3.05) is 0 Å². The molecular formula is C34H52. The van der Waals surface area contributed by atoms with Crippen LogP contribution in [0.1, 0.15) is 128 Å². The molecule has 0 N–H and O–H groups in total. The number of fused-ring (bicyclic) bond motifs is 1. The van der Waals surface area contributed by atoms with E-state index in [9.17, 15) is 0 Å². The van der Waals surface area contributed by atoms with E-state index in [1.54, 1.807) is 18.4 Å². The first-order valence-corrected chi connectivity index (χ1v) is 15.3. The van der Waals surface area contributed by atoms with Crippen molar-refractivity contribution in [3.8, 4) is 0 Å². The summed E-state index contributed by atoms with van der Waals surface area (Å²) in [6, 6.07) is 14.4. The molecule has 0 bridgehead atoms. The summed E-state index contributed by atoms with van der Waals surface area (Å²) >= 11 is 0. The van der Waals surface area contributed by atoms with Crippen molar-refractivity contribution in [2.45, 2.75) is 129 Å². The van der Waals surface area contributed by atoms with Crippen molar-refractivity contribution >= 4 is 10.8 Å². The Labute approximate surface area is 211 Å². The summed E-state index contributed by atoms with van der Waals surface area (Å²) in [5, 5.41) is 2.86. The second-order valence-corrected chi connectivity index (χ2v) is 12.1. The van der Waals surface area contributed by atoms with Crippen LogP contribution in [0.15, 0.2) is 36.4 Å². The first-order chi connectivity index (χ1) is 16.7. The minimum atomic E-state index is 0.971. The molecule has 0 unspecified atom stereocenters. The fourth-order valence-corrected chi connectivity index (χ4v) is 7.19. The molecule has 34 heavy (non-hydrogen) atoms. The maximum absolute atomic E-state index is 2.47. The van der Waals surface area contributed by atoms with Crippen LogP contribution in [0.3, 0.4) is 0 Å². The predicted octanol–water partition coefficient (Wildman–Crippen LogP) is 10.7. The van der Waals surface area contributed by atoms with Gasteiger partial charge in [-0.1, -0.05) is 114 Å². The number of unbranched alkanes of at least 4 members (excludes halogenated alkanes) is 4. The van der Waals surface area contributed by atoms with Gasteiger partial charge in [0, 0.05) is 0 Å². The van der Waals surface area contributed by atoms with Crippen LogP contribution in [0.5, 0.6) is 0 Å². The quantitative estimate of drug-likeness (QED) is 0.276. The standard InChI is InChI=1S/C34H52/c1-3-5-7-9-27-13-19-31(20-14-27)32-21-15-28(16-22-32)11-12-30-18-24-33-25-29(10-8-6-4-2)17-23-34(33)26-30/h17-18,23-28,31-32H,3-16,19-22H2,1-2H3. The molecule has 0 aliphatic heterocycles. The molecule has 2 aliphatic rings. The lowest BCUT2D eigenvalue weighted by Crippen LogP contribution is -2.26. The maximum atomic E-state index is 2.47. The number of hydrogen-bond acceptors (Lipinski definition) is 0. The zero-order valence-electron chi connectivity index (χ0n) is 22.5. The van der Waals surface area contributed by atoms with Crippen molar-refractivity contribution in [3.63, 3.8) is 0 Å². The molecule has 188 valence electrons. The van der Waals surface area contributed by atoms with Crippen LogP contribution < -0.4 is 0 Å². The van der Waals surface area contributed by atoms with Crippen LogP contribution in [-0.4, -0.2) is 0 Å². The summed E-state index contributed by atoms with van der Waals surface area (Å²) in [5.74, 6) is 4.16. The highest BCUT2D eigenvalue weighted by atomic mass is 14.4. The molecule has 2 fully saturated rings. The Morgan fingerprint density at radius 1 is 0.529 bits per heavy atom. The zero-order chi connectivity index (χ0) is 23.6. The van der Waals surface area contributed by atoms with E-state index in [1.807, 2.05) is 0 Å². The molecule has 0 nitrogen and oxygen atoms in total. The van der Waals surface area contributed by atoms with E-state index >= 15 is 0 Å². The predicted molar refractivity (Wildman–Crippen MR) is 151 cm³/mol. The van der Waals surface area contributed by atoms with Gasteiger partial charge in [0.1, 0.15) is 0 Å². The molecule has 2 aromatic carbocycles. The summed E-state index contributed by atoms with van der Waals surface area (Å²) in [4.78, 5) is 0. The molecule has 0 atom stereocenters. The fraction of sp³-hybridized carbons (Fsp3) is 0.706. The molecule has 0 amide bonds. The van der Waals surface area contributed by atoms with Gasteiger partial charge in [-0.25, -0.2) is 0 Å². The van der Waals surface area contributed by atoms with E-state index in [4.69, 9.17) is 0 Å². The maximum Gasteiger partial charge on any atom is -0.0181 e. The van der Waals surface area contributed by atoms with Crippen LogP contribution in [0, 0.1) is 23.7 Å². The Bertz CT molecular complexity index is 832. The second kappa shape index (κ2) is 13.7. The molecule has 2 aliphatic carbocycles. The van der Waals surface area contributed by atoms with E-state index in [2.05, 4.69) is 50.2 Å². The van der Waals surface area contributed by atoms with Crippen molar-refractivity contribution < 1.29 is 0 Å². The van der Waals surface area contributed by atoms with Crippen molar-refractivity contribution in [2.24, 2.45) is 23.7 Å². The monoisotopic (exact) mass is 460 g/mol. The van der Waals surface area contributed by atoms with Crippen LogP contribution in [-0.2, 0) is 12.8 Å². The molecule has 0 heteroatoms. The van der Waals surface area contributed by atoms with Crippen LogP contribution in [0.2, 0.25) is 0 Å². The van der Waals surface area contributed by atoms with Gasteiger partial charge in [-0.2, -0.15) is 0 Å². The van der Waals surface area contributed by atoms with Crippen molar-refractivity contribution in [3.05, 3.63) is 47.5 Å². The average Bonchev–Trinajstić information content (AvgIpc) is 2.88. The zero-order valence-corrected chi connectivity index (χ0v) is 22.5. The molecule has 2 saturated carbocycles. The van der Waals surface area contributed by atoms with E-state index in [1.165, 1.54) is 119 Å². The van der Waals surface area contributed by atoms with Gasteiger partial charge in [0.2, 0.25) is 0 Å². The SMILES string of the molecule is CCCCCc1ccc2cc(CCC3CCC(C4CCC(CCCCC)CC4)CC3)ccc2c1. The minimum absolute atomic E-state index is 0.971. The van der Waals surface area contributed by atoms with E-state index in [-0.39, 0.29) is 0 Å². The number of rotatable bonds is 12. The van der Waals surface area contributed by atoms with Gasteiger partial charge in [-0.05, 0) is 96.9 Å². The third-order valence-electron chi connectivity index (χ3n) is 9.54. The van der Waals surface area contributed by atoms with Gasteiger partial charge in [-0.15, -0.1) is 0 Å². The molecular weight excluding hydrogens is 408 g/mol. The molecule has 0 spiro atoms. The summed E-state index contributed by atoms with van der Waals surface area (Å²) in [6.45, 7) is 4.62. The largest absolute Gasteiger partial charge is 0.0654 e. The first kappa shape index (κ1) is 25.8. The number of hydrogen-bond donors (Lipinski definition) is 0. The third-order valence-corrected chi connectivity index (χ3v) is 9.54. The lowest BCUT2D eigenvalue weighted by Gasteiger charge is -2.38. The fourth-order valence-electron chi connectivity index (χ4n) is 7.19. The van der Waals surface area contributed by atoms with Crippen LogP contribution >= 0.6 is 0 Å². The molecule has 0 heterocycles. The summed E-state index contributed by atoms with van der Waals surface area (Å²) in [7, 11) is 0. The lowest BCUT2D eigenvalue weighted by atomic mass is 9.68. The molecule has 0 radical (unpaired) electrons. The topological polar surface area (TPSA) is 0 Å². The van der Waals surface area contributed by atoms with Gasteiger partial charge in [0.25, 0.3) is 0 Å². The summed E-state index contributed by atoms with van der Waals surface area (Å²) < 4.78 is 0. The summed E-state index contributed by atoms with van der Waals surface area (Å²) in [6.07, 6.45) is 25.9. The summed E-state index contributed by atoms with van der Waals surface area (Å²) in [5.41, 5.74) is 3.06. The van der Waals surface area contributed by atoms with Gasteiger partial charge >= 0.3 is 0 Å². The lowest BCUT2D eigenvalue weighted by molar-refractivity contribution is 0.140. The molecule has 2 aromatic rings. The normalized spacial score (nSPS) is 25.6. The number of aryl methyl sites for hydroxylation is 2. The minimum Gasteiger partial charge on any atom is -0.0654 e. The van der Waals surface area contributed by atoms with E-state index in [0.717, 1.165) is 23.7 Å². The van der Waals surface area contributed by atoms with Gasteiger partial charge in [0.15, 0.2) is 0 Å². The smallest absolute Gasteiger partial charge is 0.0181 e. The average molecular weight is 461 g/mol. The van der Waals surface area contributed by atoms with E-state index in [0.29, 0.717) is 0 Å². The highest BCUT2D eigenvalue weighted by Crippen LogP contribution is 2.43. The molecule has 4 rings (SSSR count). The Morgan fingerprint density at radius 2 is 1.03 bits per heavy atom. The Kier molecular flexibility index (Phi) is 10.4. The Morgan fingerprint density at radius 3 is 1.59 bits per heavy atom.